The Labute approximate surface area is 185 Å². The quantitative estimate of drug-likeness (QED) is 0.472. The van der Waals surface area contributed by atoms with E-state index in [9.17, 15) is 22.4 Å². The Hall–Kier alpha value is -4.15. The van der Waals surface area contributed by atoms with E-state index in [4.69, 9.17) is 0 Å². The first-order valence-corrected chi connectivity index (χ1v) is 9.72. The molecule has 0 unspecified atom stereocenters. The van der Waals surface area contributed by atoms with Gasteiger partial charge in [0, 0.05) is 24.0 Å². The highest BCUT2D eigenvalue weighted by molar-refractivity contribution is 6.07. The number of halogens is 4. The molecule has 1 aromatic carbocycles. The number of amides is 1. The van der Waals surface area contributed by atoms with Crippen LogP contribution in [0.15, 0.2) is 55.0 Å². The highest BCUT2D eigenvalue weighted by Gasteiger charge is 2.31. The molecule has 33 heavy (non-hydrogen) atoms. The molecule has 3 heterocycles. The Morgan fingerprint density at radius 2 is 1.94 bits per heavy atom. The smallest absolute Gasteiger partial charge is 0.406 e. The molecule has 0 bridgehead atoms. The molecule has 3 aromatic rings. The summed E-state index contributed by atoms with van der Waals surface area (Å²) in [6, 6.07) is 7.44. The number of anilines is 2. The first kappa shape index (κ1) is 22.1. The number of ether oxygens (including phenoxy) is 1. The van der Waals surface area contributed by atoms with Crippen LogP contribution in [0.5, 0.6) is 5.75 Å². The zero-order valence-corrected chi connectivity index (χ0v) is 16.9. The van der Waals surface area contributed by atoms with Gasteiger partial charge in [0.1, 0.15) is 17.4 Å². The topological polar surface area (TPSA) is 88.2 Å². The lowest BCUT2D eigenvalue weighted by Gasteiger charge is -2.16. The number of aromatic nitrogens is 2. The summed E-state index contributed by atoms with van der Waals surface area (Å²) in [5.74, 6) is -1.68. The Kier molecular flexibility index (Phi) is 6.11. The molecule has 0 radical (unpaired) electrons. The minimum Gasteiger partial charge on any atom is -0.406 e. The molecule has 1 amide bonds. The fourth-order valence-corrected chi connectivity index (χ4v) is 3.23. The highest BCUT2D eigenvalue weighted by atomic mass is 19.4. The maximum atomic E-state index is 13.8. The molecule has 7 nitrogen and oxygen atoms in total. The van der Waals surface area contributed by atoms with Gasteiger partial charge in [0.2, 0.25) is 0 Å². The van der Waals surface area contributed by atoms with E-state index in [-0.39, 0.29) is 17.1 Å². The molecule has 1 aliphatic heterocycles. The van der Waals surface area contributed by atoms with Crippen molar-refractivity contribution in [3.05, 3.63) is 83.2 Å². The molecular formula is C22H17F4N5O2. The van der Waals surface area contributed by atoms with Crippen molar-refractivity contribution in [3.63, 3.8) is 0 Å². The van der Waals surface area contributed by atoms with E-state index in [0.29, 0.717) is 13.1 Å². The average Bonchev–Trinajstić information content (AvgIpc) is 2.78. The van der Waals surface area contributed by atoms with Crippen molar-refractivity contribution in [2.45, 2.75) is 19.5 Å². The van der Waals surface area contributed by atoms with Crippen molar-refractivity contribution in [1.82, 2.24) is 15.3 Å². The second-order valence-electron chi connectivity index (χ2n) is 6.97. The molecule has 4 rings (SSSR count). The summed E-state index contributed by atoms with van der Waals surface area (Å²) in [4.78, 5) is 21.1. The van der Waals surface area contributed by atoms with E-state index >= 15 is 0 Å². The summed E-state index contributed by atoms with van der Waals surface area (Å²) in [6.45, 7) is 0.895. The molecule has 0 saturated heterocycles. The van der Waals surface area contributed by atoms with Gasteiger partial charge in [0.15, 0.2) is 0 Å². The van der Waals surface area contributed by atoms with Crippen molar-refractivity contribution in [2.24, 2.45) is 0 Å². The van der Waals surface area contributed by atoms with Crippen molar-refractivity contribution in [2.75, 3.05) is 10.6 Å². The van der Waals surface area contributed by atoms with Gasteiger partial charge in [0.05, 0.1) is 24.0 Å². The Bertz CT molecular complexity index is 1200. The van der Waals surface area contributed by atoms with E-state index < -0.39 is 23.8 Å². The van der Waals surface area contributed by atoms with Crippen molar-refractivity contribution in [3.8, 4) is 5.75 Å². The van der Waals surface area contributed by atoms with Gasteiger partial charge < -0.3 is 20.7 Å². The summed E-state index contributed by atoms with van der Waals surface area (Å²) in [5, 5.41) is 8.63. The molecule has 0 fully saturated rings. The van der Waals surface area contributed by atoms with Crippen LogP contribution >= 0.6 is 0 Å². The van der Waals surface area contributed by atoms with Crippen LogP contribution < -0.4 is 20.7 Å². The molecular weight excluding hydrogens is 442 g/mol. The first-order valence-electron chi connectivity index (χ1n) is 9.72. The molecule has 2 aromatic heterocycles. The number of hydrogen-bond donors (Lipinski definition) is 3. The lowest BCUT2D eigenvalue weighted by Crippen LogP contribution is -2.18. The molecule has 11 heteroatoms. The molecule has 3 N–H and O–H groups in total. The lowest BCUT2D eigenvalue weighted by atomic mass is 10.0. The average molecular weight is 459 g/mol. The SMILES string of the molecule is O=C(Nc1ccc(OC(F)(F)F)cc1)c1cc(F)cnc1NCc1ccnc2c1C=CNC2. The third-order valence-corrected chi connectivity index (χ3v) is 4.69. The van der Waals surface area contributed by atoms with E-state index in [1.807, 2.05) is 18.3 Å². The fraction of sp³-hybridized carbons (Fsp3) is 0.136. The third kappa shape index (κ3) is 5.56. The second-order valence-corrected chi connectivity index (χ2v) is 6.97. The summed E-state index contributed by atoms with van der Waals surface area (Å²) in [5.41, 5.74) is 2.87. The van der Waals surface area contributed by atoms with Gasteiger partial charge in [-0.1, -0.05) is 0 Å². The zero-order valence-electron chi connectivity index (χ0n) is 16.9. The molecule has 170 valence electrons. The third-order valence-electron chi connectivity index (χ3n) is 4.69. The van der Waals surface area contributed by atoms with Crippen LogP contribution in [0, 0.1) is 5.82 Å². The number of carbonyl (C=O) groups excluding carboxylic acids is 1. The van der Waals surface area contributed by atoms with E-state index in [0.717, 1.165) is 41.2 Å². The van der Waals surface area contributed by atoms with Crippen LogP contribution in [-0.2, 0) is 13.1 Å². The second kappa shape index (κ2) is 9.15. The van der Waals surface area contributed by atoms with Crippen LogP contribution in [0.25, 0.3) is 6.08 Å². The van der Waals surface area contributed by atoms with Gasteiger partial charge in [-0.25, -0.2) is 9.37 Å². The summed E-state index contributed by atoms with van der Waals surface area (Å²) in [7, 11) is 0. The highest BCUT2D eigenvalue weighted by Crippen LogP contribution is 2.25. The number of carbonyl (C=O) groups is 1. The maximum Gasteiger partial charge on any atom is 0.573 e. The summed E-state index contributed by atoms with van der Waals surface area (Å²) < 4.78 is 54.5. The largest absolute Gasteiger partial charge is 0.573 e. The van der Waals surface area contributed by atoms with Crippen LogP contribution in [0.4, 0.5) is 29.1 Å². The Morgan fingerprint density at radius 1 is 1.15 bits per heavy atom. The lowest BCUT2D eigenvalue weighted by molar-refractivity contribution is -0.274. The van der Waals surface area contributed by atoms with E-state index in [1.165, 1.54) is 12.1 Å². The zero-order chi connectivity index (χ0) is 23.4. The minimum absolute atomic E-state index is 0.0641. The van der Waals surface area contributed by atoms with Gasteiger partial charge in [-0.3, -0.25) is 9.78 Å². The van der Waals surface area contributed by atoms with E-state index in [1.54, 1.807) is 6.20 Å². The number of fused-ring (bicyclic) bond motifs is 1. The minimum atomic E-state index is -4.82. The maximum absolute atomic E-state index is 13.8. The van der Waals surface area contributed by atoms with Crippen LogP contribution in [-0.4, -0.2) is 22.2 Å². The normalized spacial score (nSPS) is 12.5. The van der Waals surface area contributed by atoms with Gasteiger partial charge in [-0.15, -0.1) is 13.2 Å². The molecule has 0 atom stereocenters. The van der Waals surface area contributed by atoms with Crippen LogP contribution in [0.3, 0.4) is 0 Å². The molecule has 0 spiro atoms. The summed E-state index contributed by atoms with van der Waals surface area (Å²) in [6.07, 6.45) is 1.54. The predicted molar refractivity (Wildman–Crippen MR) is 113 cm³/mol. The van der Waals surface area contributed by atoms with Crippen LogP contribution in [0.2, 0.25) is 0 Å². The molecule has 0 aliphatic carbocycles. The Morgan fingerprint density at radius 3 is 2.70 bits per heavy atom. The number of hydrogen-bond acceptors (Lipinski definition) is 6. The van der Waals surface area contributed by atoms with Gasteiger partial charge >= 0.3 is 6.36 Å². The number of rotatable bonds is 6. The molecule has 1 aliphatic rings. The summed E-state index contributed by atoms with van der Waals surface area (Å²) >= 11 is 0. The molecule has 0 saturated carbocycles. The fourth-order valence-electron chi connectivity index (χ4n) is 3.23. The number of alkyl halides is 3. The number of nitrogens with zero attached hydrogens (tertiary/aromatic N) is 2. The predicted octanol–water partition coefficient (Wildman–Crippen LogP) is 4.45. The van der Waals surface area contributed by atoms with Gasteiger partial charge in [-0.2, -0.15) is 0 Å². The standard InChI is InChI=1S/C22H17F4N5O2/c23-14-9-18(21(32)31-15-1-3-16(4-2-15)33-22(24,25)26)20(30-11-14)29-10-13-5-8-28-19-12-27-7-6-17(13)19/h1-9,11,27H,10,12H2,(H,29,30)(H,31,32). The van der Waals surface area contributed by atoms with Gasteiger partial charge in [-0.05, 0) is 54.2 Å². The monoisotopic (exact) mass is 459 g/mol. The number of pyridine rings is 2. The van der Waals surface area contributed by atoms with Crippen molar-refractivity contribution in [1.29, 1.82) is 0 Å². The van der Waals surface area contributed by atoms with Gasteiger partial charge in [0.25, 0.3) is 5.91 Å². The van der Waals surface area contributed by atoms with Crippen molar-refractivity contribution < 1.29 is 27.1 Å². The first-order chi connectivity index (χ1) is 15.8. The van der Waals surface area contributed by atoms with Crippen LogP contribution in [0.1, 0.15) is 27.2 Å². The number of benzene rings is 1. The number of nitrogens with one attached hydrogen (secondary N) is 3. The Balaban J connectivity index is 1.49. The van der Waals surface area contributed by atoms with E-state index in [2.05, 4.69) is 30.7 Å². The van der Waals surface area contributed by atoms with Crippen molar-refractivity contribution >= 4 is 23.5 Å².